The van der Waals surface area contributed by atoms with Crippen LogP contribution in [0.15, 0.2) is 28.7 Å². The van der Waals surface area contributed by atoms with Crippen LogP contribution in [0.1, 0.15) is 29.3 Å². The first-order valence-electron chi connectivity index (χ1n) is 6.99. The molecule has 0 amide bonds. The number of carbonyl (C=O) groups is 1. The maximum atomic E-state index is 11.1. The Kier molecular flexibility index (Phi) is 3.64. The molecular formula is C16H17NO4. The Bertz CT molecular complexity index is 645. The molecule has 1 aliphatic carbocycles. The van der Waals surface area contributed by atoms with Crippen molar-refractivity contribution in [2.45, 2.75) is 25.7 Å². The van der Waals surface area contributed by atoms with Crippen molar-refractivity contribution in [3.05, 3.63) is 47.2 Å². The van der Waals surface area contributed by atoms with Crippen LogP contribution in [0.25, 0.3) is 0 Å². The summed E-state index contributed by atoms with van der Waals surface area (Å²) in [5.74, 6) is 1.22. The molecule has 5 heteroatoms. The highest BCUT2D eigenvalue weighted by molar-refractivity contribution is 5.70. The summed E-state index contributed by atoms with van der Waals surface area (Å²) in [6.07, 6.45) is 2.35. The average Bonchev–Trinajstić information content (AvgIpc) is 2.89. The highest BCUT2D eigenvalue weighted by atomic mass is 16.5. The number of methoxy groups -OCH3 is 1. The lowest BCUT2D eigenvalue weighted by molar-refractivity contribution is -0.142. The lowest BCUT2D eigenvalue weighted by Crippen LogP contribution is -2.21. The van der Waals surface area contributed by atoms with E-state index in [4.69, 9.17) is 14.3 Å². The van der Waals surface area contributed by atoms with Crippen molar-refractivity contribution in [2.75, 3.05) is 7.11 Å². The zero-order valence-electron chi connectivity index (χ0n) is 11.8. The number of nitrogens with zero attached hydrogens (tertiary/aromatic N) is 1. The van der Waals surface area contributed by atoms with Crippen molar-refractivity contribution < 1.29 is 19.1 Å². The van der Waals surface area contributed by atoms with Crippen LogP contribution in [0, 0.1) is 5.92 Å². The van der Waals surface area contributed by atoms with Gasteiger partial charge in [-0.05, 0) is 24.1 Å². The van der Waals surface area contributed by atoms with Crippen molar-refractivity contribution in [1.29, 1.82) is 0 Å². The number of carboxylic acid groups (broad SMARTS) is 1. The largest absolute Gasteiger partial charge is 0.497 e. The third-order valence-electron chi connectivity index (χ3n) is 3.85. The summed E-state index contributed by atoms with van der Waals surface area (Å²) >= 11 is 0. The molecule has 1 aliphatic rings. The molecular weight excluding hydrogens is 270 g/mol. The Labute approximate surface area is 122 Å². The van der Waals surface area contributed by atoms with E-state index >= 15 is 0 Å². The minimum atomic E-state index is -0.750. The number of rotatable bonds is 4. The van der Waals surface area contributed by atoms with Gasteiger partial charge in [-0.1, -0.05) is 12.1 Å². The van der Waals surface area contributed by atoms with E-state index in [0.29, 0.717) is 31.6 Å². The van der Waals surface area contributed by atoms with Crippen LogP contribution in [0.3, 0.4) is 0 Å². The van der Waals surface area contributed by atoms with Crippen molar-refractivity contribution in [3.8, 4) is 5.75 Å². The second-order valence-electron chi connectivity index (χ2n) is 5.28. The molecule has 0 saturated heterocycles. The lowest BCUT2D eigenvalue weighted by atomic mass is 9.90. The van der Waals surface area contributed by atoms with E-state index in [1.165, 1.54) is 0 Å². The number of hydrogen-bond acceptors (Lipinski definition) is 4. The van der Waals surface area contributed by atoms with Crippen molar-refractivity contribution in [2.24, 2.45) is 5.92 Å². The molecule has 2 aromatic rings. The molecule has 1 aromatic heterocycles. The summed E-state index contributed by atoms with van der Waals surface area (Å²) in [4.78, 5) is 15.5. The van der Waals surface area contributed by atoms with Crippen molar-refractivity contribution in [1.82, 2.24) is 4.98 Å². The summed E-state index contributed by atoms with van der Waals surface area (Å²) in [7, 11) is 1.63. The number of fused-ring (bicyclic) bond motifs is 1. The quantitative estimate of drug-likeness (QED) is 0.935. The Balaban J connectivity index is 1.74. The van der Waals surface area contributed by atoms with Crippen LogP contribution in [0.2, 0.25) is 0 Å². The highest BCUT2D eigenvalue weighted by Crippen LogP contribution is 2.27. The topological polar surface area (TPSA) is 72.6 Å². The van der Waals surface area contributed by atoms with Gasteiger partial charge in [-0.2, -0.15) is 0 Å². The van der Waals surface area contributed by atoms with Gasteiger partial charge in [-0.15, -0.1) is 0 Å². The third-order valence-corrected chi connectivity index (χ3v) is 3.85. The number of hydrogen-bond donors (Lipinski definition) is 1. The van der Waals surface area contributed by atoms with Gasteiger partial charge < -0.3 is 14.3 Å². The van der Waals surface area contributed by atoms with E-state index in [0.717, 1.165) is 22.8 Å². The van der Waals surface area contributed by atoms with Crippen LogP contribution >= 0.6 is 0 Å². The van der Waals surface area contributed by atoms with Gasteiger partial charge in [0.05, 0.1) is 18.7 Å². The summed E-state index contributed by atoms with van der Waals surface area (Å²) in [6.45, 7) is 0. The zero-order valence-corrected chi connectivity index (χ0v) is 11.8. The van der Waals surface area contributed by atoms with Gasteiger partial charge in [0, 0.05) is 19.3 Å². The fraction of sp³-hybridized carbons (Fsp3) is 0.375. The molecule has 0 aliphatic heterocycles. The van der Waals surface area contributed by atoms with Crippen LogP contribution in [0.5, 0.6) is 5.75 Å². The number of aryl methyl sites for hydroxylation is 1. The van der Waals surface area contributed by atoms with Crippen LogP contribution < -0.4 is 4.74 Å². The monoisotopic (exact) mass is 287 g/mol. The van der Waals surface area contributed by atoms with Gasteiger partial charge in [-0.25, -0.2) is 4.98 Å². The van der Waals surface area contributed by atoms with Crippen molar-refractivity contribution >= 4 is 5.97 Å². The smallest absolute Gasteiger partial charge is 0.306 e. The number of carboxylic acids is 1. The number of aliphatic carboxylic acids is 1. The summed E-state index contributed by atoms with van der Waals surface area (Å²) < 4.78 is 10.9. The fourth-order valence-corrected chi connectivity index (χ4v) is 2.64. The highest BCUT2D eigenvalue weighted by Gasteiger charge is 2.28. The van der Waals surface area contributed by atoms with Crippen LogP contribution in [0.4, 0.5) is 0 Å². The Morgan fingerprint density at radius 2 is 2.19 bits per heavy atom. The minimum absolute atomic E-state index is 0.337. The Morgan fingerprint density at radius 1 is 1.43 bits per heavy atom. The maximum Gasteiger partial charge on any atom is 0.306 e. The number of ether oxygens (including phenoxy) is 1. The summed E-state index contributed by atoms with van der Waals surface area (Å²) in [5.41, 5.74) is 1.89. The SMILES string of the molecule is COc1ccc(Cc2nc3c(o2)CCC(C(=O)O)C3)cc1. The van der Waals surface area contributed by atoms with Crippen LogP contribution in [-0.4, -0.2) is 23.2 Å². The molecule has 3 rings (SSSR count). The Morgan fingerprint density at radius 3 is 2.86 bits per heavy atom. The molecule has 0 saturated carbocycles. The van der Waals surface area contributed by atoms with E-state index in [-0.39, 0.29) is 5.92 Å². The normalized spacial score (nSPS) is 17.3. The summed E-state index contributed by atoms with van der Waals surface area (Å²) in [6, 6.07) is 7.75. The molecule has 1 heterocycles. The number of oxazole rings is 1. The first-order chi connectivity index (χ1) is 10.2. The molecule has 0 bridgehead atoms. The molecule has 0 radical (unpaired) electrons. The van der Waals surface area contributed by atoms with E-state index < -0.39 is 5.97 Å². The molecule has 1 aromatic carbocycles. The molecule has 5 nitrogen and oxygen atoms in total. The van der Waals surface area contributed by atoms with E-state index in [1.54, 1.807) is 7.11 Å². The number of benzene rings is 1. The second-order valence-corrected chi connectivity index (χ2v) is 5.28. The molecule has 1 unspecified atom stereocenters. The van der Waals surface area contributed by atoms with Crippen LogP contribution in [-0.2, 0) is 24.1 Å². The molecule has 110 valence electrons. The maximum absolute atomic E-state index is 11.1. The first kappa shape index (κ1) is 13.7. The molecule has 1 N–H and O–H groups in total. The average molecular weight is 287 g/mol. The van der Waals surface area contributed by atoms with Crippen molar-refractivity contribution in [3.63, 3.8) is 0 Å². The molecule has 0 fully saturated rings. The van der Waals surface area contributed by atoms with Gasteiger partial charge in [0.25, 0.3) is 0 Å². The standard InChI is InChI=1S/C16H17NO4/c1-20-12-5-2-10(3-6-12)8-15-17-13-9-11(16(18)19)4-7-14(13)21-15/h2-3,5-6,11H,4,7-9H2,1H3,(H,18,19). The predicted molar refractivity (Wildman–Crippen MR) is 75.5 cm³/mol. The Hall–Kier alpha value is -2.30. The predicted octanol–water partition coefficient (Wildman–Crippen LogP) is 2.46. The zero-order chi connectivity index (χ0) is 14.8. The molecule has 21 heavy (non-hydrogen) atoms. The van der Waals surface area contributed by atoms with E-state index in [2.05, 4.69) is 4.98 Å². The third kappa shape index (κ3) is 2.91. The van der Waals surface area contributed by atoms with Gasteiger partial charge in [0.1, 0.15) is 11.5 Å². The van der Waals surface area contributed by atoms with Gasteiger partial charge in [0.2, 0.25) is 0 Å². The minimum Gasteiger partial charge on any atom is -0.497 e. The van der Waals surface area contributed by atoms with Gasteiger partial charge in [-0.3, -0.25) is 4.79 Å². The van der Waals surface area contributed by atoms with Gasteiger partial charge in [0.15, 0.2) is 5.89 Å². The first-order valence-corrected chi connectivity index (χ1v) is 6.99. The second kappa shape index (κ2) is 5.60. The lowest BCUT2D eigenvalue weighted by Gasteiger charge is -2.15. The molecule has 1 atom stereocenters. The molecule has 0 spiro atoms. The van der Waals surface area contributed by atoms with E-state index in [9.17, 15) is 4.79 Å². The van der Waals surface area contributed by atoms with Gasteiger partial charge >= 0.3 is 5.97 Å². The number of aromatic nitrogens is 1. The van der Waals surface area contributed by atoms with E-state index in [1.807, 2.05) is 24.3 Å². The summed E-state index contributed by atoms with van der Waals surface area (Å²) in [5, 5.41) is 9.08. The fourth-order valence-electron chi connectivity index (χ4n) is 2.64.